The molecular weight excluding hydrogens is 196 g/mol. The normalized spacial score (nSPS) is 15.9. The summed E-state index contributed by atoms with van der Waals surface area (Å²) in [5.41, 5.74) is 1.45. The lowest BCUT2D eigenvalue weighted by molar-refractivity contribution is 0.300. The van der Waals surface area contributed by atoms with Crippen LogP contribution in [-0.4, -0.2) is 29.9 Å². The molecule has 0 bridgehead atoms. The Balaban J connectivity index is 2.12. The number of hydrogen-bond acceptors (Lipinski definition) is 2. The number of thiocarbonyl (C=S) groups is 1. The molecule has 80 valence electrons. The molecule has 14 heavy (non-hydrogen) atoms. The van der Waals surface area contributed by atoms with Gasteiger partial charge in [-0.1, -0.05) is 11.6 Å². The third-order valence-corrected chi connectivity index (χ3v) is 2.55. The van der Waals surface area contributed by atoms with Gasteiger partial charge in [-0.3, -0.25) is 0 Å². The Labute approximate surface area is 90.6 Å². The van der Waals surface area contributed by atoms with Crippen molar-refractivity contribution in [3.63, 3.8) is 0 Å². The van der Waals surface area contributed by atoms with Crippen molar-refractivity contribution in [2.75, 3.05) is 19.7 Å². The fourth-order valence-corrected chi connectivity index (χ4v) is 1.67. The van der Waals surface area contributed by atoms with Crippen LogP contribution >= 0.6 is 12.2 Å². The predicted molar refractivity (Wildman–Crippen MR) is 62.2 cm³/mol. The largest absolute Gasteiger partial charge is 0.395 e. The van der Waals surface area contributed by atoms with Gasteiger partial charge in [-0.15, -0.1) is 0 Å². The maximum atomic E-state index is 8.57. The summed E-state index contributed by atoms with van der Waals surface area (Å²) in [5, 5.41) is 15.2. The van der Waals surface area contributed by atoms with E-state index in [1.54, 1.807) is 0 Å². The lowest BCUT2D eigenvalue weighted by Crippen LogP contribution is -2.37. The highest BCUT2D eigenvalue weighted by Gasteiger charge is 2.03. The van der Waals surface area contributed by atoms with E-state index in [2.05, 4.69) is 16.7 Å². The molecule has 0 spiro atoms. The van der Waals surface area contributed by atoms with Gasteiger partial charge in [-0.2, -0.15) is 0 Å². The molecule has 0 aliphatic heterocycles. The highest BCUT2D eigenvalue weighted by Crippen LogP contribution is 2.15. The molecule has 0 amide bonds. The van der Waals surface area contributed by atoms with Crippen molar-refractivity contribution in [2.24, 2.45) is 0 Å². The van der Waals surface area contributed by atoms with E-state index in [1.165, 1.54) is 31.3 Å². The number of rotatable bonds is 4. The first-order chi connectivity index (χ1) is 6.83. The van der Waals surface area contributed by atoms with Gasteiger partial charge in [0.1, 0.15) is 0 Å². The minimum Gasteiger partial charge on any atom is -0.395 e. The van der Waals surface area contributed by atoms with E-state index < -0.39 is 0 Å². The second-order valence-electron chi connectivity index (χ2n) is 3.44. The maximum Gasteiger partial charge on any atom is 0.166 e. The molecule has 1 rings (SSSR count). The molecule has 0 aromatic heterocycles. The first kappa shape index (κ1) is 11.5. The van der Waals surface area contributed by atoms with Crippen molar-refractivity contribution >= 4 is 17.3 Å². The summed E-state index contributed by atoms with van der Waals surface area (Å²) in [5.74, 6) is 0. The predicted octanol–water partition coefficient (Wildman–Crippen LogP) is 0.943. The van der Waals surface area contributed by atoms with Crippen LogP contribution in [0, 0.1) is 0 Å². The van der Waals surface area contributed by atoms with Gasteiger partial charge in [-0.25, -0.2) is 0 Å². The van der Waals surface area contributed by atoms with Crippen LogP contribution < -0.4 is 10.6 Å². The Kier molecular flexibility index (Phi) is 5.56. The van der Waals surface area contributed by atoms with Crippen molar-refractivity contribution in [1.29, 1.82) is 0 Å². The van der Waals surface area contributed by atoms with Gasteiger partial charge in [0, 0.05) is 13.1 Å². The zero-order valence-corrected chi connectivity index (χ0v) is 9.20. The van der Waals surface area contributed by atoms with Gasteiger partial charge in [0.05, 0.1) is 6.61 Å². The Bertz CT molecular complexity index is 216. The van der Waals surface area contributed by atoms with Gasteiger partial charge in [0.15, 0.2) is 5.11 Å². The van der Waals surface area contributed by atoms with E-state index >= 15 is 0 Å². The van der Waals surface area contributed by atoms with Crippen LogP contribution in [0.1, 0.15) is 25.7 Å². The smallest absolute Gasteiger partial charge is 0.166 e. The summed E-state index contributed by atoms with van der Waals surface area (Å²) >= 11 is 5.03. The SMILES string of the molecule is OCCNC(=S)NCC1=CCCCC1. The molecule has 0 unspecified atom stereocenters. The van der Waals surface area contributed by atoms with Crippen molar-refractivity contribution in [3.05, 3.63) is 11.6 Å². The molecule has 0 radical (unpaired) electrons. The molecule has 0 saturated heterocycles. The van der Waals surface area contributed by atoms with Crippen LogP contribution in [0.4, 0.5) is 0 Å². The van der Waals surface area contributed by atoms with E-state index in [9.17, 15) is 0 Å². The summed E-state index contributed by atoms with van der Waals surface area (Å²) < 4.78 is 0. The van der Waals surface area contributed by atoms with Crippen LogP contribution in [0.3, 0.4) is 0 Å². The minimum atomic E-state index is 0.116. The molecule has 0 aromatic rings. The quantitative estimate of drug-likeness (QED) is 0.481. The molecule has 0 aromatic carbocycles. The van der Waals surface area contributed by atoms with Crippen LogP contribution in [0.25, 0.3) is 0 Å². The number of aliphatic hydroxyl groups excluding tert-OH is 1. The van der Waals surface area contributed by atoms with Gasteiger partial charge in [-0.05, 0) is 37.9 Å². The highest BCUT2D eigenvalue weighted by molar-refractivity contribution is 7.80. The fourth-order valence-electron chi connectivity index (χ4n) is 1.49. The van der Waals surface area contributed by atoms with E-state index in [0.717, 1.165) is 6.54 Å². The zero-order valence-electron chi connectivity index (χ0n) is 8.38. The number of hydrogen-bond donors (Lipinski definition) is 3. The highest BCUT2D eigenvalue weighted by atomic mass is 32.1. The third kappa shape index (κ3) is 4.58. The van der Waals surface area contributed by atoms with Crippen LogP contribution in [0.5, 0.6) is 0 Å². The summed E-state index contributed by atoms with van der Waals surface area (Å²) in [6.07, 6.45) is 7.30. The molecule has 0 heterocycles. The minimum absolute atomic E-state index is 0.116. The lowest BCUT2D eigenvalue weighted by Gasteiger charge is -2.15. The molecular formula is C10H18N2OS. The average molecular weight is 214 g/mol. The third-order valence-electron chi connectivity index (χ3n) is 2.26. The molecule has 0 saturated carbocycles. The van der Waals surface area contributed by atoms with Gasteiger partial charge >= 0.3 is 0 Å². The van der Waals surface area contributed by atoms with Crippen LogP contribution in [0.15, 0.2) is 11.6 Å². The topological polar surface area (TPSA) is 44.3 Å². The molecule has 1 aliphatic carbocycles. The van der Waals surface area contributed by atoms with Crippen LogP contribution in [0.2, 0.25) is 0 Å². The number of allylic oxidation sites excluding steroid dienone is 1. The zero-order chi connectivity index (χ0) is 10.2. The Morgan fingerprint density at radius 3 is 2.93 bits per heavy atom. The average Bonchev–Trinajstić information content (AvgIpc) is 2.25. The molecule has 4 heteroatoms. The Morgan fingerprint density at radius 1 is 1.43 bits per heavy atom. The molecule has 0 fully saturated rings. The lowest BCUT2D eigenvalue weighted by atomic mass is 10.00. The standard InChI is InChI=1S/C10H18N2OS/c13-7-6-11-10(14)12-8-9-4-2-1-3-5-9/h4,13H,1-3,5-8H2,(H2,11,12,14). The van der Waals surface area contributed by atoms with E-state index in [-0.39, 0.29) is 6.61 Å². The Hall–Kier alpha value is -0.610. The van der Waals surface area contributed by atoms with E-state index in [4.69, 9.17) is 17.3 Å². The first-order valence-electron chi connectivity index (χ1n) is 5.13. The number of nitrogens with one attached hydrogen (secondary N) is 2. The van der Waals surface area contributed by atoms with E-state index in [1.807, 2.05) is 0 Å². The fraction of sp³-hybridized carbons (Fsp3) is 0.700. The van der Waals surface area contributed by atoms with Gasteiger partial charge < -0.3 is 15.7 Å². The maximum absolute atomic E-state index is 8.57. The second kappa shape index (κ2) is 6.79. The van der Waals surface area contributed by atoms with Crippen molar-refractivity contribution < 1.29 is 5.11 Å². The Morgan fingerprint density at radius 2 is 2.29 bits per heavy atom. The van der Waals surface area contributed by atoms with Crippen LogP contribution in [-0.2, 0) is 0 Å². The molecule has 1 aliphatic rings. The molecule has 3 nitrogen and oxygen atoms in total. The number of aliphatic hydroxyl groups is 1. The monoisotopic (exact) mass is 214 g/mol. The summed E-state index contributed by atoms with van der Waals surface area (Å²) in [6.45, 7) is 1.48. The van der Waals surface area contributed by atoms with E-state index in [0.29, 0.717) is 11.7 Å². The van der Waals surface area contributed by atoms with Crippen molar-refractivity contribution in [2.45, 2.75) is 25.7 Å². The van der Waals surface area contributed by atoms with Crippen molar-refractivity contribution in [3.8, 4) is 0 Å². The van der Waals surface area contributed by atoms with Gasteiger partial charge in [0.2, 0.25) is 0 Å². The van der Waals surface area contributed by atoms with Crippen molar-refractivity contribution in [1.82, 2.24) is 10.6 Å². The second-order valence-corrected chi connectivity index (χ2v) is 3.85. The molecule has 0 atom stereocenters. The first-order valence-corrected chi connectivity index (χ1v) is 5.54. The summed E-state index contributed by atoms with van der Waals surface area (Å²) in [4.78, 5) is 0. The summed E-state index contributed by atoms with van der Waals surface area (Å²) in [6, 6.07) is 0. The summed E-state index contributed by atoms with van der Waals surface area (Å²) in [7, 11) is 0. The molecule has 3 N–H and O–H groups in total. The van der Waals surface area contributed by atoms with Gasteiger partial charge in [0.25, 0.3) is 0 Å².